The van der Waals surface area contributed by atoms with Crippen LogP contribution in [0.5, 0.6) is 0 Å². The number of aliphatic hydroxyl groups is 1. The van der Waals surface area contributed by atoms with Crippen LogP contribution >= 0.6 is 0 Å². The number of carboxylic acid groups (broad SMARTS) is 1. The highest BCUT2D eigenvalue weighted by Gasteiger charge is 2.26. The molecule has 1 amide bonds. The number of carboxylic acids is 1. The molecule has 0 aliphatic rings. The number of aliphatic carboxylic acids is 1. The smallest absolute Gasteiger partial charge is 0.329 e. The zero-order chi connectivity index (χ0) is 12.1. The Morgan fingerprint density at radius 1 is 1.33 bits per heavy atom. The second-order valence-corrected chi connectivity index (χ2v) is 3.81. The second-order valence-electron chi connectivity index (χ2n) is 3.81. The lowest BCUT2D eigenvalue weighted by Crippen LogP contribution is -2.49. The zero-order valence-corrected chi connectivity index (χ0v) is 9.19. The minimum absolute atomic E-state index is 0.172. The highest BCUT2D eigenvalue weighted by Crippen LogP contribution is 2.10. The lowest BCUT2D eigenvalue weighted by atomic mass is 10.1. The molecule has 0 atom stereocenters. The molecule has 0 aliphatic carbocycles. The lowest BCUT2D eigenvalue weighted by Gasteiger charge is -2.33. The number of aliphatic hydroxyl groups excluding tert-OH is 1. The van der Waals surface area contributed by atoms with E-state index in [9.17, 15) is 9.59 Å². The second kappa shape index (κ2) is 5.67. The fourth-order valence-corrected chi connectivity index (χ4v) is 0.766. The number of likely N-dealkylation sites (N-methyl/N-ethyl adjacent to an activating group) is 1. The molecule has 0 heterocycles. The predicted octanol–water partition coefficient (Wildman–Crippen LogP) is -0.683. The van der Waals surface area contributed by atoms with Gasteiger partial charge in [-0.3, -0.25) is 4.79 Å². The van der Waals surface area contributed by atoms with Crippen molar-refractivity contribution in [3.8, 4) is 0 Å². The van der Waals surface area contributed by atoms with E-state index < -0.39 is 18.1 Å². The van der Waals surface area contributed by atoms with Gasteiger partial charge in [0.25, 0.3) is 0 Å². The van der Waals surface area contributed by atoms with Crippen molar-refractivity contribution in [3.05, 3.63) is 0 Å². The first-order chi connectivity index (χ1) is 6.81. The topological polar surface area (TPSA) is 87.1 Å². The molecule has 88 valence electrons. The van der Waals surface area contributed by atoms with E-state index in [2.05, 4.69) is 4.74 Å². The summed E-state index contributed by atoms with van der Waals surface area (Å²) < 4.78 is 4.65. The Morgan fingerprint density at radius 2 is 1.87 bits per heavy atom. The molecule has 0 spiro atoms. The molecule has 6 nitrogen and oxygen atoms in total. The van der Waals surface area contributed by atoms with Gasteiger partial charge in [-0.1, -0.05) is 0 Å². The first-order valence-corrected chi connectivity index (χ1v) is 4.48. The van der Waals surface area contributed by atoms with Crippen LogP contribution in [0, 0.1) is 0 Å². The first kappa shape index (κ1) is 13.9. The van der Waals surface area contributed by atoms with Crippen molar-refractivity contribution < 1.29 is 24.5 Å². The van der Waals surface area contributed by atoms with Crippen LogP contribution in [0.4, 0.5) is 0 Å². The summed E-state index contributed by atoms with van der Waals surface area (Å²) in [5.41, 5.74) is -0.677. The van der Waals surface area contributed by atoms with Gasteiger partial charge in [0.05, 0.1) is 12.1 Å². The van der Waals surface area contributed by atoms with Gasteiger partial charge in [0, 0.05) is 7.05 Å². The number of carbonyl (C=O) groups excluding carboxylic acids is 1. The molecular weight excluding hydrogens is 202 g/mol. The van der Waals surface area contributed by atoms with E-state index in [4.69, 9.17) is 10.2 Å². The van der Waals surface area contributed by atoms with E-state index in [0.717, 1.165) is 0 Å². The molecule has 0 aromatic heterocycles. The van der Waals surface area contributed by atoms with Gasteiger partial charge in [-0.2, -0.15) is 0 Å². The summed E-state index contributed by atoms with van der Waals surface area (Å²) in [7, 11) is 1.53. The quantitative estimate of drug-likeness (QED) is 0.618. The number of ether oxygens (including phenoxy) is 1. The summed E-state index contributed by atoms with van der Waals surface area (Å²) in [6.45, 7) is 2.42. The molecule has 0 bridgehead atoms. The average molecular weight is 219 g/mol. The minimum atomic E-state index is -1.12. The van der Waals surface area contributed by atoms with Crippen molar-refractivity contribution in [1.29, 1.82) is 0 Å². The van der Waals surface area contributed by atoms with Gasteiger partial charge in [0.2, 0.25) is 5.91 Å². The van der Waals surface area contributed by atoms with Crippen LogP contribution in [-0.4, -0.2) is 59.4 Å². The van der Waals surface area contributed by atoms with Crippen LogP contribution < -0.4 is 0 Å². The fraction of sp³-hybridized carbons (Fsp3) is 0.778. The monoisotopic (exact) mass is 219 g/mol. The van der Waals surface area contributed by atoms with Crippen molar-refractivity contribution in [2.45, 2.75) is 19.4 Å². The number of carbonyl (C=O) groups is 2. The van der Waals surface area contributed by atoms with Crippen LogP contribution in [-0.2, 0) is 14.3 Å². The zero-order valence-electron chi connectivity index (χ0n) is 9.19. The molecule has 0 aromatic carbocycles. The summed E-state index contributed by atoms with van der Waals surface area (Å²) >= 11 is 0. The Balaban J connectivity index is 4.05. The Hall–Kier alpha value is -1.14. The maximum atomic E-state index is 11.4. The maximum absolute atomic E-state index is 11.4. The van der Waals surface area contributed by atoms with E-state index in [1.807, 2.05) is 0 Å². The molecule has 2 N–H and O–H groups in total. The van der Waals surface area contributed by atoms with Crippen LogP contribution in [0.2, 0.25) is 0 Å². The van der Waals surface area contributed by atoms with E-state index in [0.29, 0.717) is 0 Å². The van der Waals surface area contributed by atoms with E-state index in [-0.39, 0.29) is 19.1 Å². The number of hydrogen-bond acceptors (Lipinski definition) is 4. The Labute approximate surface area is 88.4 Å². The first-order valence-electron chi connectivity index (χ1n) is 4.48. The van der Waals surface area contributed by atoms with Gasteiger partial charge >= 0.3 is 5.97 Å². The van der Waals surface area contributed by atoms with Gasteiger partial charge < -0.3 is 19.8 Å². The Morgan fingerprint density at radius 3 is 2.27 bits per heavy atom. The third-order valence-corrected chi connectivity index (χ3v) is 2.12. The van der Waals surface area contributed by atoms with Crippen LogP contribution in [0.3, 0.4) is 0 Å². The summed E-state index contributed by atoms with van der Waals surface area (Å²) in [5.74, 6) is -1.48. The molecule has 0 fully saturated rings. The molecule has 0 unspecified atom stereocenters. The van der Waals surface area contributed by atoms with Crippen LogP contribution in [0.15, 0.2) is 0 Å². The summed E-state index contributed by atoms with van der Waals surface area (Å²) in [6, 6.07) is 0. The van der Waals surface area contributed by atoms with Crippen molar-refractivity contribution in [2.75, 3.05) is 26.9 Å². The number of hydrogen-bond donors (Lipinski definition) is 2. The van der Waals surface area contributed by atoms with Crippen molar-refractivity contribution >= 4 is 11.9 Å². The standard InChI is InChI=1S/C9H17NO5/c1-9(2,6-11)10(3)7(12)4-15-5-8(13)14/h11H,4-6H2,1-3H3,(H,13,14). The maximum Gasteiger partial charge on any atom is 0.329 e. The van der Waals surface area contributed by atoms with E-state index >= 15 is 0 Å². The summed E-state index contributed by atoms with van der Waals surface area (Å²) in [5, 5.41) is 17.3. The molecule has 0 saturated heterocycles. The molecule has 0 saturated carbocycles. The largest absolute Gasteiger partial charge is 0.480 e. The Bertz CT molecular complexity index is 239. The average Bonchev–Trinajstić information content (AvgIpc) is 2.15. The third-order valence-electron chi connectivity index (χ3n) is 2.12. The van der Waals surface area contributed by atoms with Gasteiger partial charge in [0.15, 0.2) is 0 Å². The molecule has 0 aromatic rings. The summed E-state index contributed by atoms with van der Waals surface area (Å²) in [4.78, 5) is 22.9. The molecule has 6 heteroatoms. The van der Waals surface area contributed by atoms with Gasteiger partial charge in [-0.05, 0) is 13.8 Å². The predicted molar refractivity (Wildman–Crippen MR) is 52.4 cm³/mol. The molecule has 0 rings (SSSR count). The molecule has 15 heavy (non-hydrogen) atoms. The number of amides is 1. The fourth-order valence-electron chi connectivity index (χ4n) is 0.766. The lowest BCUT2D eigenvalue weighted by molar-refractivity contribution is -0.147. The highest BCUT2D eigenvalue weighted by molar-refractivity contribution is 5.78. The SMILES string of the molecule is CN(C(=O)COCC(=O)O)C(C)(C)CO. The van der Waals surface area contributed by atoms with Gasteiger partial charge in [-0.25, -0.2) is 4.79 Å². The number of nitrogens with zero attached hydrogens (tertiary/aromatic N) is 1. The highest BCUT2D eigenvalue weighted by atomic mass is 16.5. The van der Waals surface area contributed by atoms with Crippen molar-refractivity contribution in [1.82, 2.24) is 4.90 Å². The van der Waals surface area contributed by atoms with E-state index in [1.165, 1.54) is 11.9 Å². The summed E-state index contributed by atoms with van der Waals surface area (Å²) in [6.07, 6.45) is 0. The van der Waals surface area contributed by atoms with Crippen molar-refractivity contribution in [2.24, 2.45) is 0 Å². The minimum Gasteiger partial charge on any atom is -0.480 e. The molecular formula is C9H17NO5. The molecule has 0 radical (unpaired) electrons. The van der Waals surface area contributed by atoms with Crippen LogP contribution in [0.25, 0.3) is 0 Å². The molecule has 0 aliphatic heterocycles. The normalized spacial score (nSPS) is 11.2. The van der Waals surface area contributed by atoms with E-state index in [1.54, 1.807) is 13.8 Å². The van der Waals surface area contributed by atoms with Crippen LogP contribution in [0.1, 0.15) is 13.8 Å². The number of rotatable bonds is 6. The van der Waals surface area contributed by atoms with Gasteiger partial charge in [-0.15, -0.1) is 0 Å². The Kier molecular flexibility index (Phi) is 5.24. The van der Waals surface area contributed by atoms with Crippen molar-refractivity contribution in [3.63, 3.8) is 0 Å². The van der Waals surface area contributed by atoms with Gasteiger partial charge in [0.1, 0.15) is 13.2 Å². The third kappa shape index (κ3) is 4.75.